The molecule has 3 N–H and O–H groups in total. The molecule has 0 saturated heterocycles. The molecule has 4 heteroatoms. The van der Waals surface area contributed by atoms with Crippen LogP contribution in [0.5, 0.6) is 0 Å². The summed E-state index contributed by atoms with van der Waals surface area (Å²) < 4.78 is 0. The van der Waals surface area contributed by atoms with Crippen LogP contribution in [0.3, 0.4) is 0 Å². The molecule has 2 aliphatic carbocycles. The van der Waals surface area contributed by atoms with E-state index in [1.54, 1.807) is 11.3 Å². The Balaban J connectivity index is 1.55. The van der Waals surface area contributed by atoms with Gasteiger partial charge in [0.15, 0.2) is 0 Å². The van der Waals surface area contributed by atoms with Crippen molar-refractivity contribution in [3.05, 3.63) is 16.1 Å². The highest BCUT2D eigenvalue weighted by Gasteiger charge is 2.45. The third-order valence-electron chi connectivity index (χ3n) is 4.82. The van der Waals surface area contributed by atoms with Gasteiger partial charge in [0.1, 0.15) is 5.01 Å². The first kappa shape index (κ1) is 12.6. The Hall–Kier alpha value is -0.450. The molecule has 1 aromatic heterocycles. The summed E-state index contributed by atoms with van der Waals surface area (Å²) in [6, 6.07) is 0.788. The molecular weight excluding hydrogens is 242 g/mol. The highest BCUT2D eigenvalue weighted by molar-refractivity contribution is 7.09. The first-order valence-electron chi connectivity index (χ1n) is 7.06. The molecule has 1 aromatic rings. The summed E-state index contributed by atoms with van der Waals surface area (Å²) in [7, 11) is 0. The molecule has 18 heavy (non-hydrogen) atoms. The van der Waals surface area contributed by atoms with E-state index in [4.69, 9.17) is 5.73 Å². The van der Waals surface area contributed by atoms with Crippen LogP contribution in [-0.4, -0.2) is 17.6 Å². The standard InChI is InChI=1S/C14H23N3S/c1-8-7-18-14(17-8)9(2)16-6-12-10-3-4-11(5-10)13(12)15/h7,9-13,16H,3-6,15H2,1-2H3. The van der Waals surface area contributed by atoms with Crippen molar-refractivity contribution < 1.29 is 0 Å². The van der Waals surface area contributed by atoms with Crippen molar-refractivity contribution in [2.45, 2.75) is 45.2 Å². The Bertz CT molecular complexity index is 415. The molecule has 2 fully saturated rings. The summed E-state index contributed by atoms with van der Waals surface area (Å²) in [6.07, 6.45) is 4.14. The number of nitrogens with one attached hydrogen (secondary N) is 1. The molecule has 100 valence electrons. The van der Waals surface area contributed by atoms with Crippen LogP contribution in [0.1, 0.15) is 42.9 Å². The van der Waals surface area contributed by atoms with E-state index >= 15 is 0 Å². The van der Waals surface area contributed by atoms with E-state index in [2.05, 4.69) is 29.5 Å². The normalized spacial score (nSPS) is 36.2. The summed E-state index contributed by atoms with van der Waals surface area (Å²) >= 11 is 1.75. The van der Waals surface area contributed by atoms with Gasteiger partial charge in [-0.2, -0.15) is 0 Å². The molecule has 0 radical (unpaired) electrons. The monoisotopic (exact) mass is 265 g/mol. The Morgan fingerprint density at radius 1 is 1.50 bits per heavy atom. The van der Waals surface area contributed by atoms with Crippen LogP contribution in [0.2, 0.25) is 0 Å². The smallest absolute Gasteiger partial charge is 0.110 e. The van der Waals surface area contributed by atoms with Gasteiger partial charge in [-0.25, -0.2) is 4.98 Å². The molecule has 2 bridgehead atoms. The quantitative estimate of drug-likeness (QED) is 0.879. The molecule has 3 rings (SSSR count). The van der Waals surface area contributed by atoms with Crippen molar-refractivity contribution >= 4 is 11.3 Å². The second-order valence-electron chi connectivity index (χ2n) is 6.03. The van der Waals surface area contributed by atoms with Crippen LogP contribution < -0.4 is 11.1 Å². The summed E-state index contributed by atoms with van der Waals surface area (Å²) in [4.78, 5) is 4.55. The van der Waals surface area contributed by atoms with E-state index in [1.165, 1.54) is 24.3 Å². The van der Waals surface area contributed by atoms with Gasteiger partial charge in [-0.1, -0.05) is 0 Å². The predicted molar refractivity (Wildman–Crippen MR) is 75.6 cm³/mol. The Kier molecular flexibility index (Phi) is 3.43. The van der Waals surface area contributed by atoms with Crippen molar-refractivity contribution in [3.8, 4) is 0 Å². The zero-order valence-corrected chi connectivity index (χ0v) is 12.0. The first-order chi connectivity index (χ1) is 8.65. The average molecular weight is 265 g/mol. The van der Waals surface area contributed by atoms with Crippen molar-refractivity contribution in [3.63, 3.8) is 0 Å². The van der Waals surface area contributed by atoms with Crippen LogP contribution >= 0.6 is 11.3 Å². The van der Waals surface area contributed by atoms with Gasteiger partial charge >= 0.3 is 0 Å². The van der Waals surface area contributed by atoms with Gasteiger partial charge in [-0.15, -0.1) is 11.3 Å². The van der Waals surface area contributed by atoms with Gasteiger partial charge in [0.25, 0.3) is 0 Å². The number of rotatable bonds is 4. The molecule has 0 amide bonds. The Morgan fingerprint density at radius 3 is 2.89 bits per heavy atom. The maximum absolute atomic E-state index is 6.34. The number of nitrogens with zero attached hydrogens (tertiary/aromatic N) is 1. The third-order valence-corrected chi connectivity index (χ3v) is 5.97. The maximum atomic E-state index is 6.34. The van der Waals surface area contributed by atoms with E-state index in [0.717, 1.165) is 24.1 Å². The van der Waals surface area contributed by atoms with Crippen LogP contribution in [0.15, 0.2) is 5.38 Å². The van der Waals surface area contributed by atoms with Gasteiger partial charge in [0, 0.05) is 23.7 Å². The van der Waals surface area contributed by atoms with Crippen molar-refractivity contribution in [1.82, 2.24) is 10.3 Å². The second kappa shape index (κ2) is 4.91. The van der Waals surface area contributed by atoms with Crippen LogP contribution in [-0.2, 0) is 0 Å². The molecule has 0 aromatic carbocycles. The Morgan fingerprint density at radius 2 is 2.28 bits per heavy atom. The lowest BCUT2D eigenvalue weighted by molar-refractivity contribution is 0.271. The highest BCUT2D eigenvalue weighted by Crippen LogP contribution is 2.47. The Labute approximate surface area is 113 Å². The fourth-order valence-corrected chi connectivity index (χ4v) is 4.56. The third kappa shape index (κ3) is 2.22. The fraction of sp³-hybridized carbons (Fsp3) is 0.786. The molecule has 1 heterocycles. The van der Waals surface area contributed by atoms with Crippen molar-refractivity contribution in [2.24, 2.45) is 23.5 Å². The van der Waals surface area contributed by atoms with Crippen LogP contribution in [0.4, 0.5) is 0 Å². The summed E-state index contributed by atoms with van der Waals surface area (Å²) in [5.74, 6) is 2.37. The number of hydrogen-bond acceptors (Lipinski definition) is 4. The van der Waals surface area contributed by atoms with E-state index in [1.807, 2.05) is 0 Å². The fourth-order valence-electron chi connectivity index (χ4n) is 3.73. The number of fused-ring (bicyclic) bond motifs is 2. The molecule has 0 spiro atoms. The second-order valence-corrected chi connectivity index (χ2v) is 6.92. The molecule has 5 atom stereocenters. The van der Waals surface area contributed by atoms with E-state index in [9.17, 15) is 0 Å². The van der Waals surface area contributed by atoms with Gasteiger partial charge in [-0.3, -0.25) is 0 Å². The molecule has 2 aliphatic rings. The number of aromatic nitrogens is 1. The zero-order valence-electron chi connectivity index (χ0n) is 11.2. The van der Waals surface area contributed by atoms with Crippen LogP contribution in [0.25, 0.3) is 0 Å². The minimum absolute atomic E-state index is 0.357. The molecule has 3 nitrogen and oxygen atoms in total. The van der Waals surface area contributed by atoms with Crippen LogP contribution in [0, 0.1) is 24.7 Å². The highest BCUT2D eigenvalue weighted by atomic mass is 32.1. The minimum atomic E-state index is 0.357. The predicted octanol–water partition coefficient (Wildman–Crippen LogP) is 2.48. The molecule has 0 aliphatic heterocycles. The number of hydrogen-bond donors (Lipinski definition) is 2. The summed E-state index contributed by atoms with van der Waals surface area (Å²) in [5.41, 5.74) is 7.47. The maximum Gasteiger partial charge on any atom is 0.110 e. The van der Waals surface area contributed by atoms with Crippen molar-refractivity contribution in [1.29, 1.82) is 0 Å². The molecule has 5 unspecified atom stereocenters. The largest absolute Gasteiger partial charge is 0.327 e. The minimum Gasteiger partial charge on any atom is -0.327 e. The average Bonchev–Trinajstić information content (AvgIpc) is 3.02. The van der Waals surface area contributed by atoms with E-state index in [-0.39, 0.29) is 0 Å². The van der Waals surface area contributed by atoms with E-state index in [0.29, 0.717) is 18.0 Å². The lowest BCUT2D eigenvalue weighted by atomic mass is 9.85. The lowest BCUT2D eigenvalue weighted by Crippen LogP contribution is -2.41. The number of aryl methyl sites for hydroxylation is 1. The van der Waals surface area contributed by atoms with Gasteiger partial charge in [-0.05, 0) is 50.9 Å². The van der Waals surface area contributed by atoms with Gasteiger partial charge in [0.2, 0.25) is 0 Å². The molecular formula is C14H23N3S. The number of thiazole rings is 1. The zero-order chi connectivity index (χ0) is 12.7. The first-order valence-corrected chi connectivity index (χ1v) is 7.94. The van der Waals surface area contributed by atoms with E-state index < -0.39 is 0 Å². The van der Waals surface area contributed by atoms with Gasteiger partial charge in [0.05, 0.1) is 6.04 Å². The SMILES string of the molecule is Cc1csc(C(C)NCC2C3CCC(C3)C2N)n1. The van der Waals surface area contributed by atoms with Crippen molar-refractivity contribution in [2.75, 3.05) is 6.54 Å². The molecule has 2 saturated carbocycles. The topological polar surface area (TPSA) is 50.9 Å². The lowest BCUT2D eigenvalue weighted by Gasteiger charge is -2.29. The van der Waals surface area contributed by atoms with Gasteiger partial charge < -0.3 is 11.1 Å². The summed E-state index contributed by atoms with van der Waals surface area (Å²) in [6.45, 7) is 5.32. The summed E-state index contributed by atoms with van der Waals surface area (Å²) in [5, 5.41) is 6.96. The number of nitrogens with two attached hydrogens (primary N) is 1.